The van der Waals surface area contributed by atoms with Crippen molar-refractivity contribution >= 4 is 27.5 Å². The summed E-state index contributed by atoms with van der Waals surface area (Å²) in [7, 11) is -2.55. The number of carbonyl (C=O) groups is 1. The zero-order chi connectivity index (χ0) is 21.9. The highest BCUT2D eigenvalue weighted by Crippen LogP contribution is 2.49. The summed E-state index contributed by atoms with van der Waals surface area (Å²) in [6, 6.07) is 8.28. The van der Waals surface area contributed by atoms with Crippen molar-refractivity contribution in [1.82, 2.24) is 10.6 Å². The Morgan fingerprint density at radius 1 is 1.13 bits per heavy atom. The quantitative estimate of drug-likeness (QED) is 0.699. The standard InChI is InChI=1S/C21H23ClF2N2O3S/c1-25-20(27)26-13-14-8-10-21(11-9-14,18-12-16(23)4-7-19(18)24)30(28,29)17-5-2-15(22)3-6-17/h2-7,12,14H,8-11,13H2,1H3,(H2,25,26,27). The number of carbonyl (C=O) groups excluding carboxylic acids is 1. The van der Waals surface area contributed by atoms with Crippen molar-refractivity contribution in [3.05, 3.63) is 64.7 Å². The van der Waals surface area contributed by atoms with Crippen LogP contribution in [0.3, 0.4) is 0 Å². The monoisotopic (exact) mass is 456 g/mol. The SMILES string of the molecule is CNC(=O)NCC1CCC(c2cc(F)ccc2F)(S(=O)(=O)c2ccc(Cl)cc2)CC1. The highest BCUT2D eigenvalue weighted by Gasteiger charge is 2.50. The normalized spacial score (nSPS) is 21.8. The van der Waals surface area contributed by atoms with Gasteiger partial charge in [0.2, 0.25) is 0 Å². The fourth-order valence-electron chi connectivity index (χ4n) is 4.04. The summed E-state index contributed by atoms with van der Waals surface area (Å²) >= 11 is 5.89. The van der Waals surface area contributed by atoms with Gasteiger partial charge in [0.15, 0.2) is 9.84 Å². The number of rotatable bonds is 5. The minimum Gasteiger partial charge on any atom is -0.341 e. The summed E-state index contributed by atoms with van der Waals surface area (Å²) in [6.07, 6.45) is 1.09. The Kier molecular flexibility index (Phi) is 6.67. The first-order valence-corrected chi connectivity index (χ1v) is 11.5. The average molecular weight is 457 g/mol. The fourth-order valence-corrected chi connectivity index (χ4v) is 6.33. The summed E-state index contributed by atoms with van der Waals surface area (Å²) in [5.74, 6) is -1.41. The molecule has 2 amide bonds. The number of halogens is 3. The predicted molar refractivity (Wildman–Crippen MR) is 111 cm³/mol. The van der Waals surface area contributed by atoms with Gasteiger partial charge in [-0.25, -0.2) is 22.0 Å². The first-order valence-electron chi connectivity index (χ1n) is 9.61. The van der Waals surface area contributed by atoms with Crippen molar-refractivity contribution in [2.24, 2.45) is 5.92 Å². The van der Waals surface area contributed by atoms with Gasteiger partial charge >= 0.3 is 6.03 Å². The predicted octanol–water partition coefficient (Wildman–Crippen LogP) is 4.41. The third kappa shape index (κ3) is 4.30. The molecule has 1 fully saturated rings. The van der Waals surface area contributed by atoms with Gasteiger partial charge in [0, 0.05) is 24.2 Å². The summed E-state index contributed by atoms with van der Waals surface area (Å²) in [5, 5.41) is 5.56. The van der Waals surface area contributed by atoms with Crippen LogP contribution in [0.4, 0.5) is 13.6 Å². The molecular weight excluding hydrogens is 434 g/mol. The minimum absolute atomic E-state index is 0.0116. The lowest BCUT2D eigenvalue weighted by Gasteiger charge is -2.40. The van der Waals surface area contributed by atoms with E-state index in [-0.39, 0.29) is 35.2 Å². The molecule has 1 aliphatic carbocycles. The van der Waals surface area contributed by atoms with Gasteiger partial charge in [-0.3, -0.25) is 0 Å². The molecule has 0 bridgehead atoms. The number of amides is 2. The van der Waals surface area contributed by atoms with Crippen LogP contribution in [0.1, 0.15) is 31.2 Å². The Labute approximate surface area is 179 Å². The second kappa shape index (κ2) is 8.89. The van der Waals surface area contributed by atoms with Crippen LogP contribution in [0.5, 0.6) is 0 Å². The van der Waals surface area contributed by atoms with Crippen LogP contribution in [0.25, 0.3) is 0 Å². The number of hydrogen-bond acceptors (Lipinski definition) is 3. The second-order valence-electron chi connectivity index (χ2n) is 7.48. The molecule has 3 rings (SSSR count). The molecule has 30 heavy (non-hydrogen) atoms. The van der Waals surface area contributed by atoms with E-state index in [2.05, 4.69) is 10.6 Å². The molecule has 5 nitrogen and oxygen atoms in total. The maximum absolute atomic E-state index is 14.8. The van der Waals surface area contributed by atoms with Gasteiger partial charge < -0.3 is 10.6 Å². The Balaban J connectivity index is 2.00. The van der Waals surface area contributed by atoms with Gasteiger partial charge in [-0.1, -0.05) is 11.6 Å². The molecule has 9 heteroatoms. The van der Waals surface area contributed by atoms with E-state index in [9.17, 15) is 22.0 Å². The van der Waals surface area contributed by atoms with Crippen LogP contribution in [0.2, 0.25) is 5.02 Å². The molecule has 1 saturated carbocycles. The zero-order valence-electron chi connectivity index (χ0n) is 16.4. The molecular formula is C21H23ClF2N2O3S. The van der Waals surface area contributed by atoms with Crippen molar-refractivity contribution < 1.29 is 22.0 Å². The van der Waals surface area contributed by atoms with E-state index in [1.165, 1.54) is 31.3 Å². The van der Waals surface area contributed by atoms with E-state index >= 15 is 0 Å². The lowest BCUT2D eigenvalue weighted by Crippen LogP contribution is -2.43. The third-order valence-corrected chi connectivity index (χ3v) is 8.55. The Bertz CT molecular complexity index is 1020. The molecule has 0 spiro atoms. The molecule has 2 aromatic rings. The summed E-state index contributed by atoms with van der Waals surface area (Å²) in [5.41, 5.74) is -0.157. The van der Waals surface area contributed by atoms with Crippen molar-refractivity contribution in [1.29, 1.82) is 0 Å². The second-order valence-corrected chi connectivity index (χ2v) is 10.2. The average Bonchev–Trinajstić information content (AvgIpc) is 2.74. The van der Waals surface area contributed by atoms with E-state index in [4.69, 9.17) is 11.6 Å². The van der Waals surface area contributed by atoms with Gasteiger partial charge in [0.25, 0.3) is 0 Å². The molecule has 2 aromatic carbocycles. The van der Waals surface area contributed by atoms with E-state index in [1.54, 1.807) is 0 Å². The number of urea groups is 1. The summed E-state index contributed by atoms with van der Waals surface area (Å²) in [6.45, 7) is 0.377. The van der Waals surface area contributed by atoms with Crippen LogP contribution in [0.15, 0.2) is 47.4 Å². The smallest absolute Gasteiger partial charge is 0.314 e. The molecule has 0 atom stereocenters. The van der Waals surface area contributed by atoms with Crippen LogP contribution in [-0.2, 0) is 14.6 Å². The van der Waals surface area contributed by atoms with Crippen molar-refractivity contribution in [2.45, 2.75) is 35.3 Å². The van der Waals surface area contributed by atoms with Gasteiger partial charge in [0.05, 0.1) is 4.90 Å². The first-order chi connectivity index (χ1) is 14.2. The summed E-state index contributed by atoms with van der Waals surface area (Å²) in [4.78, 5) is 11.4. The number of benzene rings is 2. The third-order valence-electron chi connectivity index (χ3n) is 5.75. The van der Waals surface area contributed by atoms with Crippen LogP contribution < -0.4 is 10.6 Å². The Morgan fingerprint density at radius 2 is 1.77 bits per heavy atom. The molecule has 0 aliphatic heterocycles. The van der Waals surface area contributed by atoms with Gasteiger partial charge in [-0.2, -0.15) is 0 Å². The fraction of sp³-hybridized carbons (Fsp3) is 0.381. The molecule has 0 radical (unpaired) electrons. The molecule has 162 valence electrons. The van der Waals surface area contributed by atoms with Gasteiger partial charge in [-0.05, 0) is 74.1 Å². The van der Waals surface area contributed by atoms with Crippen molar-refractivity contribution in [3.8, 4) is 0 Å². The number of hydrogen-bond donors (Lipinski definition) is 2. The Morgan fingerprint density at radius 3 is 2.37 bits per heavy atom. The first kappa shape index (κ1) is 22.5. The van der Waals surface area contributed by atoms with E-state index in [0.717, 1.165) is 18.2 Å². The van der Waals surface area contributed by atoms with Crippen LogP contribution >= 0.6 is 11.6 Å². The molecule has 1 aliphatic rings. The lowest BCUT2D eigenvalue weighted by atomic mass is 9.77. The molecule has 0 aromatic heterocycles. The van der Waals surface area contributed by atoms with E-state index in [0.29, 0.717) is 24.4 Å². The highest BCUT2D eigenvalue weighted by atomic mass is 35.5. The maximum atomic E-state index is 14.8. The molecule has 0 unspecified atom stereocenters. The van der Waals surface area contributed by atoms with E-state index in [1.807, 2.05) is 0 Å². The van der Waals surface area contributed by atoms with Gasteiger partial charge in [0.1, 0.15) is 16.4 Å². The molecule has 2 N–H and O–H groups in total. The largest absolute Gasteiger partial charge is 0.341 e. The summed E-state index contributed by atoms with van der Waals surface area (Å²) < 4.78 is 54.6. The van der Waals surface area contributed by atoms with Crippen molar-refractivity contribution in [3.63, 3.8) is 0 Å². The number of sulfone groups is 1. The number of nitrogens with one attached hydrogen (secondary N) is 2. The van der Waals surface area contributed by atoms with Crippen LogP contribution in [-0.4, -0.2) is 28.0 Å². The van der Waals surface area contributed by atoms with Crippen LogP contribution in [0, 0.1) is 17.6 Å². The maximum Gasteiger partial charge on any atom is 0.314 e. The topological polar surface area (TPSA) is 75.3 Å². The van der Waals surface area contributed by atoms with Gasteiger partial charge in [-0.15, -0.1) is 0 Å². The minimum atomic E-state index is -4.06. The molecule has 0 saturated heterocycles. The molecule has 0 heterocycles. The zero-order valence-corrected chi connectivity index (χ0v) is 18.0. The lowest BCUT2D eigenvalue weighted by molar-refractivity contribution is 0.234. The highest BCUT2D eigenvalue weighted by molar-refractivity contribution is 7.92. The Hall–Kier alpha value is -2.19. The van der Waals surface area contributed by atoms with E-state index < -0.39 is 26.2 Å². The van der Waals surface area contributed by atoms with Crippen molar-refractivity contribution in [2.75, 3.05) is 13.6 Å².